The molecular formula is C14H15FN2O4S2. The maximum absolute atomic E-state index is 12.9. The summed E-state index contributed by atoms with van der Waals surface area (Å²) in [6.07, 6.45) is 1.000. The van der Waals surface area contributed by atoms with Crippen LogP contribution in [0.25, 0.3) is 0 Å². The van der Waals surface area contributed by atoms with E-state index in [0.717, 1.165) is 10.6 Å². The normalized spacial score (nSPS) is 12.0. The molecule has 23 heavy (non-hydrogen) atoms. The summed E-state index contributed by atoms with van der Waals surface area (Å²) in [4.78, 5) is -0.0108. The molecule has 0 aliphatic rings. The Bertz CT molecular complexity index is 893. The number of hydrogen-bond donors (Lipinski definition) is 1. The second-order valence-corrected chi connectivity index (χ2v) is 8.57. The summed E-state index contributed by atoms with van der Waals surface area (Å²) in [5, 5.41) is 0. The van der Waals surface area contributed by atoms with Crippen LogP contribution in [0.4, 0.5) is 15.8 Å². The molecule has 6 nitrogen and oxygen atoms in total. The summed E-state index contributed by atoms with van der Waals surface area (Å²) >= 11 is 0. The zero-order valence-electron chi connectivity index (χ0n) is 12.4. The molecule has 124 valence electrons. The van der Waals surface area contributed by atoms with Crippen molar-refractivity contribution in [2.75, 3.05) is 22.3 Å². The third kappa shape index (κ3) is 4.20. The van der Waals surface area contributed by atoms with Crippen LogP contribution >= 0.6 is 0 Å². The molecule has 0 aliphatic heterocycles. The first kappa shape index (κ1) is 17.2. The topological polar surface area (TPSA) is 83.6 Å². The molecule has 0 atom stereocenters. The van der Waals surface area contributed by atoms with Crippen LogP contribution in [-0.4, -0.2) is 30.1 Å². The Kier molecular flexibility index (Phi) is 4.62. The molecule has 0 spiro atoms. The number of halogens is 1. The highest BCUT2D eigenvalue weighted by molar-refractivity contribution is 7.93. The predicted molar refractivity (Wildman–Crippen MR) is 86.9 cm³/mol. The molecule has 0 saturated carbocycles. The van der Waals surface area contributed by atoms with E-state index in [1.807, 2.05) is 0 Å². The minimum Gasteiger partial charge on any atom is -0.284 e. The number of hydrogen-bond acceptors (Lipinski definition) is 4. The SMILES string of the molecule is CN(c1ccc(F)cc1)S(=O)(=O)c1ccc(NS(C)(=O)=O)cc1. The van der Waals surface area contributed by atoms with Crippen LogP contribution in [0.1, 0.15) is 0 Å². The lowest BCUT2D eigenvalue weighted by molar-refractivity contribution is 0.594. The van der Waals surface area contributed by atoms with Crippen molar-refractivity contribution < 1.29 is 21.2 Å². The fourth-order valence-electron chi connectivity index (χ4n) is 1.86. The van der Waals surface area contributed by atoms with Gasteiger partial charge >= 0.3 is 0 Å². The molecule has 2 aromatic carbocycles. The number of sulfonamides is 2. The molecule has 0 saturated heterocycles. The molecule has 9 heteroatoms. The lowest BCUT2D eigenvalue weighted by Crippen LogP contribution is -2.26. The summed E-state index contributed by atoms with van der Waals surface area (Å²) in [6.45, 7) is 0. The molecule has 0 unspecified atom stereocenters. The van der Waals surface area contributed by atoms with E-state index in [0.29, 0.717) is 5.69 Å². The van der Waals surface area contributed by atoms with Gasteiger partial charge in [-0.3, -0.25) is 9.03 Å². The van der Waals surface area contributed by atoms with Crippen molar-refractivity contribution in [3.63, 3.8) is 0 Å². The van der Waals surface area contributed by atoms with Crippen LogP contribution in [-0.2, 0) is 20.0 Å². The summed E-state index contributed by atoms with van der Waals surface area (Å²) in [6, 6.07) is 10.3. The monoisotopic (exact) mass is 358 g/mol. The van der Waals surface area contributed by atoms with E-state index >= 15 is 0 Å². The van der Waals surface area contributed by atoms with Crippen molar-refractivity contribution in [2.45, 2.75) is 4.90 Å². The number of nitrogens with zero attached hydrogens (tertiary/aromatic N) is 1. The highest BCUT2D eigenvalue weighted by Gasteiger charge is 2.21. The van der Waals surface area contributed by atoms with Crippen molar-refractivity contribution in [1.82, 2.24) is 0 Å². The van der Waals surface area contributed by atoms with Gasteiger partial charge in [0.15, 0.2) is 0 Å². The molecule has 0 aliphatic carbocycles. The molecule has 0 bridgehead atoms. The molecule has 0 aromatic heterocycles. The number of rotatable bonds is 5. The van der Waals surface area contributed by atoms with E-state index in [1.54, 1.807) is 0 Å². The van der Waals surface area contributed by atoms with Crippen LogP contribution < -0.4 is 9.03 Å². The van der Waals surface area contributed by atoms with Crippen molar-refractivity contribution in [1.29, 1.82) is 0 Å². The molecule has 2 rings (SSSR count). The molecule has 0 radical (unpaired) electrons. The molecule has 0 heterocycles. The van der Waals surface area contributed by atoms with Crippen molar-refractivity contribution >= 4 is 31.4 Å². The van der Waals surface area contributed by atoms with Crippen molar-refractivity contribution in [2.24, 2.45) is 0 Å². The van der Waals surface area contributed by atoms with E-state index in [9.17, 15) is 21.2 Å². The maximum Gasteiger partial charge on any atom is 0.264 e. The lowest BCUT2D eigenvalue weighted by atomic mass is 10.3. The van der Waals surface area contributed by atoms with Gasteiger partial charge in [-0.1, -0.05) is 0 Å². The first-order valence-electron chi connectivity index (χ1n) is 6.42. The van der Waals surface area contributed by atoms with Gasteiger partial charge in [-0.2, -0.15) is 0 Å². The van der Waals surface area contributed by atoms with E-state index in [-0.39, 0.29) is 10.6 Å². The van der Waals surface area contributed by atoms with Crippen molar-refractivity contribution in [3.05, 3.63) is 54.3 Å². The van der Waals surface area contributed by atoms with E-state index in [2.05, 4.69) is 4.72 Å². The van der Waals surface area contributed by atoms with Gasteiger partial charge in [-0.15, -0.1) is 0 Å². The Hall–Kier alpha value is -2.13. The van der Waals surface area contributed by atoms with Crippen molar-refractivity contribution in [3.8, 4) is 0 Å². The zero-order valence-corrected chi connectivity index (χ0v) is 14.0. The number of benzene rings is 2. The van der Waals surface area contributed by atoms with Crippen LogP contribution in [0.15, 0.2) is 53.4 Å². The molecular weight excluding hydrogens is 343 g/mol. The Labute approximate surface area is 134 Å². The highest BCUT2D eigenvalue weighted by atomic mass is 32.2. The standard InChI is InChI=1S/C14H15FN2O4S2/c1-17(13-7-3-11(15)4-8-13)23(20,21)14-9-5-12(6-10-14)16-22(2,18)19/h3-10,16H,1-2H3. The molecule has 0 fully saturated rings. The third-order valence-corrected chi connectivity index (χ3v) is 5.41. The molecule has 2 aromatic rings. The largest absolute Gasteiger partial charge is 0.284 e. The first-order valence-corrected chi connectivity index (χ1v) is 9.75. The molecule has 0 amide bonds. The van der Waals surface area contributed by atoms with Gasteiger partial charge in [0.05, 0.1) is 16.8 Å². The van der Waals surface area contributed by atoms with Crippen LogP contribution in [0, 0.1) is 5.82 Å². The second kappa shape index (κ2) is 6.17. The van der Waals surface area contributed by atoms with Crippen LogP contribution in [0.5, 0.6) is 0 Å². The van der Waals surface area contributed by atoms with Gasteiger partial charge in [0.1, 0.15) is 5.82 Å². The second-order valence-electron chi connectivity index (χ2n) is 4.85. The van der Waals surface area contributed by atoms with Gasteiger partial charge < -0.3 is 0 Å². The van der Waals surface area contributed by atoms with Gasteiger partial charge in [-0.25, -0.2) is 21.2 Å². The van der Waals surface area contributed by atoms with Crippen LogP contribution in [0.3, 0.4) is 0 Å². The predicted octanol–water partition coefficient (Wildman–Crippen LogP) is 2.02. The highest BCUT2D eigenvalue weighted by Crippen LogP contribution is 2.23. The lowest BCUT2D eigenvalue weighted by Gasteiger charge is -2.19. The smallest absolute Gasteiger partial charge is 0.264 e. The average Bonchev–Trinajstić information content (AvgIpc) is 2.46. The Morgan fingerprint density at radius 3 is 1.91 bits per heavy atom. The fourth-order valence-corrected chi connectivity index (χ4v) is 3.62. The minimum atomic E-state index is -3.83. The number of nitrogens with one attached hydrogen (secondary N) is 1. The minimum absolute atomic E-state index is 0.0108. The summed E-state index contributed by atoms with van der Waals surface area (Å²) < 4.78 is 63.5. The van der Waals surface area contributed by atoms with Gasteiger partial charge in [0.2, 0.25) is 10.0 Å². The fraction of sp³-hybridized carbons (Fsp3) is 0.143. The van der Waals surface area contributed by atoms with Crippen LogP contribution in [0.2, 0.25) is 0 Å². The van der Waals surface area contributed by atoms with E-state index < -0.39 is 25.9 Å². The quantitative estimate of drug-likeness (QED) is 0.886. The summed E-state index contributed by atoms with van der Waals surface area (Å²) in [5.74, 6) is -0.462. The maximum atomic E-state index is 12.9. The zero-order chi connectivity index (χ0) is 17.3. The summed E-state index contributed by atoms with van der Waals surface area (Å²) in [7, 11) is -5.91. The number of anilines is 2. The van der Waals surface area contributed by atoms with E-state index in [1.165, 1.54) is 55.6 Å². The average molecular weight is 358 g/mol. The van der Waals surface area contributed by atoms with Gasteiger partial charge in [-0.05, 0) is 48.5 Å². The Balaban J connectivity index is 2.30. The van der Waals surface area contributed by atoms with Gasteiger partial charge in [0.25, 0.3) is 10.0 Å². The Morgan fingerprint density at radius 1 is 0.913 bits per heavy atom. The molecule has 1 N–H and O–H groups in total. The van der Waals surface area contributed by atoms with E-state index in [4.69, 9.17) is 0 Å². The third-order valence-electron chi connectivity index (χ3n) is 3.01. The Morgan fingerprint density at radius 2 is 1.43 bits per heavy atom. The van der Waals surface area contributed by atoms with Gasteiger partial charge in [0, 0.05) is 12.7 Å². The summed E-state index contributed by atoms with van der Waals surface area (Å²) in [5.41, 5.74) is 0.570. The first-order chi connectivity index (χ1) is 10.6.